The predicted molar refractivity (Wildman–Crippen MR) is 124 cm³/mol. The minimum atomic E-state index is -0.259. The lowest BCUT2D eigenvalue weighted by Gasteiger charge is -2.32. The number of aryl methyl sites for hydroxylation is 3. The van der Waals surface area contributed by atoms with Crippen molar-refractivity contribution in [3.8, 4) is 10.6 Å². The molecule has 1 fully saturated rings. The number of benzene rings is 1. The van der Waals surface area contributed by atoms with Crippen LogP contribution in [0, 0.1) is 26.6 Å². The third-order valence-corrected chi connectivity index (χ3v) is 7.09. The summed E-state index contributed by atoms with van der Waals surface area (Å²) in [6, 6.07) is 6.55. The third kappa shape index (κ3) is 4.29. The Morgan fingerprint density at radius 1 is 1.12 bits per heavy atom. The number of hydrogen-bond acceptors (Lipinski definition) is 6. The number of amides is 1. The lowest BCUT2D eigenvalue weighted by molar-refractivity contribution is 0.0722. The molecule has 0 spiro atoms. The van der Waals surface area contributed by atoms with Crippen molar-refractivity contribution in [3.05, 3.63) is 62.3 Å². The van der Waals surface area contributed by atoms with Crippen LogP contribution in [-0.4, -0.2) is 44.7 Å². The van der Waals surface area contributed by atoms with E-state index in [0.717, 1.165) is 29.8 Å². The molecule has 0 atom stereocenters. The Morgan fingerprint density at radius 2 is 1.78 bits per heavy atom. The largest absolute Gasteiger partial charge is 0.382 e. The number of carbonyl (C=O) groups is 1. The van der Waals surface area contributed by atoms with E-state index >= 15 is 0 Å². The van der Waals surface area contributed by atoms with Crippen molar-refractivity contribution >= 4 is 22.9 Å². The number of anilines is 1. The number of thiazole rings is 1. The van der Waals surface area contributed by atoms with E-state index in [1.165, 1.54) is 28.2 Å². The van der Waals surface area contributed by atoms with Gasteiger partial charge in [-0.15, -0.1) is 11.3 Å². The molecule has 1 aliphatic heterocycles. The van der Waals surface area contributed by atoms with Crippen LogP contribution >= 0.6 is 11.3 Å². The van der Waals surface area contributed by atoms with Gasteiger partial charge in [0.15, 0.2) is 0 Å². The third-order valence-electron chi connectivity index (χ3n) is 5.93. The van der Waals surface area contributed by atoms with Gasteiger partial charge in [-0.3, -0.25) is 9.59 Å². The number of hydrogen-bond donors (Lipinski definition) is 1. The lowest BCUT2D eigenvalue weighted by Crippen LogP contribution is -2.42. The van der Waals surface area contributed by atoms with Crippen molar-refractivity contribution in [1.29, 1.82) is 0 Å². The Bertz CT molecular complexity index is 1210. The van der Waals surface area contributed by atoms with Gasteiger partial charge in [0.05, 0.1) is 17.0 Å². The van der Waals surface area contributed by atoms with Crippen molar-refractivity contribution in [2.45, 2.75) is 39.7 Å². The molecule has 168 valence electrons. The van der Waals surface area contributed by atoms with Gasteiger partial charge in [0.25, 0.3) is 11.5 Å². The van der Waals surface area contributed by atoms with E-state index in [9.17, 15) is 14.0 Å². The minimum Gasteiger partial charge on any atom is -0.382 e. The second kappa shape index (κ2) is 8.82. The molecule has 32 heavy (non-hydrogen) atoms. The summed E-state index contributed by atoms with van der Waals surface area (Å²) in [5.74, 6) is -0.308. The average Bonchev–Trinajstić information content (AvgIpc) is 3.15. The first-order chi connectivity index (χ1) is 15.2. The van der Waals surface area contributed by atoms with Crippen LogP contribution in [0.2, 0.25) is 0 Å². The van der Waals surface area contributed by atoms with E-state index in [1.54, 1.807) is 19.2 Å². The standard InChI is InChI=1S/C23H26FN5O2S/c1-13-14(2)27-28(4)22(30)19(13)21-25-15(3)20(32-21)23(31)29-11-9-18(10-12-29)26-17-7-5-16(24)6-8-17/h5-8,18,26H,9-12H2,1-4H3. The fraction of sp³-hybridized carbons (Fsp3) is 0.391. The molecule has 1 saturated heterocycles. The topological polar surface area (TPSA) is 80.1 Å². The molecule has 9 heteroatoms. The summed E-state index contributed by atoms with van der Waals surface area (Å²) in [6.45, 7) is 6.77. The molecule has 1 N–H and O–H groups in total. The Labute approximate surface area is 189 Å². The highest BCUT2D eigenvalue weighted by atomic mass is 32.1. The van der Waals surface area contributed by atoms with Gasteiger partial charge < -0.3 is 10.2 Å². The second-order valence-corrected chi connectivity index (χ2v) is 9.16. The molecule has 0 aliphatic carbocycles. The van der Waals surface area contributed by atoms with Crippen LogP contribution in [0.1, 0.15) is 39.5 Å². The van der Waals surface area contributed by atoms with E-state index in [4.69, 9.17) is 0 Å². The summed E-state index contributed by atoms with van der Waals surface area (Å²) in [5.41, 5.74) is 3.36. The fourth-order valence-corrected chi connectivity index (χ4v) is 5.08. The van der Waals surface area contributed by atoms with Crippen molar-refractivity contribution in [1.82, 2.24) is 19.7 Å². The van der Waals surface area contributed by atoms with Crippen LogP contribution < -0.4 is 10.9 Å². The molecule has 3 aromatic rings. The van der Waals surface area contributed by atoms with E-state index < -0.39 is 0 Å². The average molecular weight is 456 g/mol. The van der Waals surface area contributed by atoms with Crippen LogP contribution in [0.3, 0.4) is 0 Å². The van der Waals surface area contributed by atoms with Gasteiger partial charge in [-0.25, -0.2) is 14.1 Å². The zero-order chi connectivity index (χ0) is 23.0. The van der Waals surface area contributed by atoms with E-state index in [1.807, 2.05) is 25.7 Å². The zero-order valence-electron chi connectivity index (χ0n) is 18.6. The number of piperidine rings is 1. The number of likely N-dealkylation sites (tertiary alicyclic amines) is 1. The first kappa shape index (κ1) is 22.1. The number of nitrogens with one attached hydrogen (secondary N) is 1. The van der Waals surface area contributed by atoms with Gasteiger partial charge in [-0.1, -0.05) is 0 Å². The zero-order valence-corrected chi connectivity index (χ0v) is 19.4. The van der Waals surface area contributed by atoms with Gasteiger partial charge in [-0.2, -0.15) is 5.10 Å². The highest BCUT2D eigenvalue weighted by Crippen LogP contribution is 2.30. The van der Waals surface area contributed by atoms with Crippen LogP contribution in [0.5, 0.6) is 0 Å². The smallest absolute Gasteiger partial charge is 0.277 e. The predicted octanol–water partition coefficient (Wildman–Crippen LogP) is 3.68. The monoisotopic (exact) mass is 455 g/mol. The van der Waals surface area contributed by atoms with Crippen LogP contribution in [0.4, 0.5) is 10.1 Å². The molecule has 2 aromatic heterocycles. The Balaban J connectivity index is 1.48. The van der Waals surface area contributed by atoms with Gasteiger partial charge in [0.1, 0.15) is 15.7 Å². The number of carbonyl (C=O) groups excluding carboxylic acids is 1. The maximum Gasteiger partial charge on any atom is 0.277 e. The van der Waals surface area contributed by atoms with Crippen molar-refractivity contribution < 1.29 is 9.18 Å². The maximum absolute atomic E-state index is 13.2. The quantitative estimate of drug-likeness (QED) is 0.649. The van der Waals surface area contributed by atoms with Gasteiger partial charge in [0, 0.05) is 31.9 Å². The number of nitrogens with zero attached hydrogens (tertiary/aromatic N) is 4. The molecule has 1 aliphatic rings. The van der Waals surface area contributed by atoms with Crippen molar-refractivity contribution in [2.75, 3.05) is 18.4 Å². The Morgan fingerprint density at radius 3 is 2.44 bits per heavy atom. The maximum atomic E-state index is 13.2. The molecule has 0 unspecified atom stereocenters. The molecule has 0 bridgehead atoms. The second-order valence-electron chi connectivity index (χ2n) is 8.17. The molecular formula is C23H26FN5O2S. The minimum absolute atomic E-state index is 0.0493. The summed E-state index contributed by atoms with van der Waals surface area (Å²) >= 11 is 1.27. The molecule has 0 saturated carbocycles. The molecule has 7 nitrogen and oxygen atoms in total. The number of aromatic nitrogens is 3. The summed E-state index contributed by atoms with van der Waals surface area (Å²) in [7, 11) is 1.62. The van der Waals surface area contributed by atoms with Gasteiger partial charge in [0.2, 0.25) is 0 Å². The molecule has 1 amide bonds. The summed E-state index contributed by atoms with van der Waals surface area (Å²) in [4.78, 5) is 32.9. The fourth-order valence-electron chi connectivity index (χ4n) is 3.95. The molecule has 1 aromatic carbocycles. The summed E-state index contributed by atoms with van der Waals surface area (Å²) < 4.78 is 14.4. The number of rotatable bonds is 4. The van der Waals surface area contributed by atoms with Crippen molar-refractivity contribution in [3.63, 3.8) is 0 Å². The van der Waals surface area contributed by atoms with Crippen LogP contribution in [-0.2, 0) is 7.05 Å². The molecule has 3 heterocycles. The normalized spacial score (nSPS) is 14.6. The Kier molecular flexibility index (Phi) is 6.10. The van der Waals surface area contributed by atoms with E-state index in [-0.39, 0.29) is 23.3 Å². The molecule has 0 radical (unpaired) electrons. The van der Waals surface area contributed by atoms with Crippen LogP contribution in [0.25, 0.3) is 10.6 Å². The lowest BCUT2D eigenvalue weighted by atomic mass is 10.0. The Hall–Kier alpha value is -3.07. The molecule has 4 rings (SSSR count). The molecular weight excluding hydrogens is 429 g/mol. The number of halogens is 1. The summed E-state index contributed by atoms with van der Waals surface area (Å²) in [5, 5.41) is 8.19. The van der Waals surface area contributed by atoms with Gasteiger partial charge in [-0.05, 0) is 63.4 Å². The highest BCUT2D eigenvalue weighted by molar-refractivity contribution is 7.17. The SMILES string of the molecule is Cc1nc(-c2c(C)c(C)nn(C)c2=O)sc1C(=O)N1CCC(Nc2ccc(F)cc2)CC1. The van der Waals surface area contributed by atoms with Crippen LogP contribution in [0.15, 0.2) is 29.1 Å². The summed E-state index contributed by atoms with van der Waals surface area (Å²) in [6.07, 6.45) is 1.61. The first-order valence-electron chi connectivity index (χ1n) is 10.6. The van der Waals surface area contributed by atoms with E-state index in [0.29, 0.717) is 34.2 Å². The van der Waals surface area contributed by atoms with Gasteiger partial charge >= 0.3 is 0 Å². The van der Waals surface area contributed by atoms with E-state index in [2.05, 4.69) is 15.4 Å². The highest BCUT2D eigenvalue weighted by Gasteiger charge is 2.27. The first-order valence-corrected chi connectivity index (χ1v) is 11.4. The van der Waals surface area contributed by atoms with Crippen molar-refractivity contribution in [2.24, 2.45) is 7.05 Å².